The van der Waals surface area contributed by atoms with E-state index in [2.05, 4.69) is 5.32 Å². The van der Waals surface area contributed by atoms with Gasteiger partial charge in [0.15, 0.2) is 11.6 Å². The average molecular weight is 324 g/mol. The Morgan fingerprint density at radius 2 is 2.17 bits per heavy atom. The fourth-order valence-electron chi connectivity index (χ4n) is 2.62. The van der Waals surface area contributed by atoms with Crippen molar-refractivity contribution in [2.45, 2.75) is 45.3 Å². The second kappa shape index (κ2) is 7.06. The van der Waals surface area contributed by atoms with Gasteiger partial charge >= 0.3 is 6.09 Å². The molecule has 1 aromatic carbocycles. The first kappa shape index (κ1) is 17.4. The molecule has 1 aliphatic heterocycles. The Morgan fingerprint density at radius 1 is 1.43 bits per heavy atom. The first-order chi connectivity index (χ1) is 10.8. The molecule has 128 valence electrons. The van der Waals surface area contributed by atoms with Gasteiger partial charge in [-0.25, -0.2) is 9.18 Å². The lowest BCUT2D eigenvalue weighted by atomic mass is 10.2. The van der Waals surface area contributed by atoms with Gasteiger partial charge in [-0.2, -0.15) is 0 Å². The molecular formula is C17H25FN2O3. The molecule has 23 heavy (non-hydrogen) atoms. The zero-order valence-corrected chi connectivity index (χ0v) is 14.2. The highest BCUT2D eigenvalue weighted by molar-refractivity contribution is 5.69. The van der Waals surface area contributed by atoms with Crippen molar-refractivity contribution in [1.82, 2.24) is 4.90 Å². The van der Waals surface area contributed by atoms with E-state index in [4.69, 9.17) is 9.47 Å². The van der Waals surface area contributed by atoms with Crippen LogP contribution in [-0.4, -0.2) is 42.8 Å². The zero-order valence-electron chi connectivity index (χ0n) is 14.2. The van der Waals surface area contributed by atoms with Crippen LogP contribution < -0.4 is 10.1 Å². The SMILES string of the molecule is COc1ccc(NCC2CCCN2C(=O)OC(C)(C)C)cc1F. The molecule has 0 aromatic heterocycles. The van der Waals surface area contributed by atoms with E-state index in [-0.39, 0.29) is 17.9 Å². The van der Waals surface area contributed by atoms with Crippen LogP contribution in [0.2, 0.25) is 0 Å². The molecule has 1 amide bonds. The fraction of sp³-hybridized carbons (Fsp3) is 0.588. The Labute approximate surface area is 136 Å². The van der Waals surface area contributed by atoms with Crippen LogP contribution in [0.5, 0.6) is 5.75 Å². The van der Waals surface area contributed by atoms with Crippen LogP contribution in [0.4, 0.5) is 14.9 Å². The second-order valence-corrected chi connectivity index (χ2v) is 6.70. The van der Waals surface area contributed by atoms with Crippen molar-refractivity contribution in [1.29, 1.82) is 0 Å². The third-order valence-corrected chi connectivity index (χ3v) is 3.70. The molecular weight excluding hydrogens is 299 g/mol. The number of ether oxygens (including phenoxy) is 2. The summed E-state index contributed by atoms with van der Waals surface area (Å²) in [6.07, 6.45) is 1.57. The Kier molecular flexibility index (Phi) is 5.34. The van der Waals surface area contributed by atoms with Crippen LogP contribution in [0, 0.1) is 5.82 Å². The number of nitrogens with one attached hydrogen (secondary N) is 1. The molecule has 1 heterocycles. The molecule has 1 aliphatic rings. The van der Waals surface area contributed by atoms with Crippen molar-refractivity contribution >= 4 is 11.8 Å². The predicted octanol–water partition coefficient (Wildman–Crippen LogP) is 3.65. The molecule has 1 unspecified atom stereocenters. The van der Waals surface area contributed by atoms with Gasteiger partial charge in [-0.3, -0.25) is 0 Å². The predicted molar refractivity (Wildman–Crippen MR) is 87.4 cm³/mol. The topological polar surface area (TPSA) is 50.8 Å². The number of carbonyl (C=O) groups excluding carboxylic acids is 1. The van der Waals surface area contributed by atoms with Gasteiger partial charge in [0, 0.05) is 24.8 Å². The monoisotopic (exact) mass is 324 g/mol. The lowest BCUT2D eigenvalue weighted by Gasteiger charge is -2.29. The quantitative estimate of drug-likeness (QED) is 0.918. The molecule has 1 aromatic rings. The van der Waals surface area contributed by atoms with Gasteiger partial charge in [-0.1, -0.05) is 0 Å². The summed E-state index contributed by atoms with van der Waals surface area (Å²) in [5, 5.41) is 3.18. The summed E-state index contributed by atoms with van der Waals surface area (Å²) in [5.41, 5.74) is 0.163. The molecule has 0 radical (unpaired) electrons. The smallest absolute Gasteiger partial charge is 0.410 e. The van der Waals surface area contributed by atoms with Gasteiger partial charge in [-0.05, 0) is 45.7 Å². The number of amides is 1. The van der Waals surface area contributed by atoms with Gasteiger partial charge in [0.05, 0.1) is 13.2 Å². The zero-order chi connectivity index (χ0) is 17.0. The molecule has 5 nitrogen and oxygen atoms in total. The maximum Gasteiger partial charge on any atom is 0.410 e. The highest BCUT2D eigenvalue weighted by Gasteiger charge is 2.31. The summed E-state index contributed by atoms with van der Waals surface area (Å²) in [4.78, 5) is 14.0. The van der Waals surface area contributed by atoms with Gasteiger partial charge in [0.2, 0.25) is 0 Å². The number of nitrogens with zero attached hydrogens (tertiary/aromatic N) is 1. The standard InChI is InChI=1S/C17H25FN2O3/c1-17(2,3)23-16(21)20-9-5-6-13(20)11-19-12-7-8-15(22-4)14(18)10-12/h7-8,10,13,19H,5-6,9,11H2,1-4H3. The number of methoxy groups -OCH3 is 1. The van der Waals surface area contributed by atoms with Crippen molar-refractivity contribution in [3.05, 3.63) is 24.0 Å². The minimum absolute atomic E-state index is 0.0509. The van der Waals surface area contributed by atoms with Crippen molar-refractivity contribution in [2.24, 2.45) is 0 Å². The average Bonchev–Trinajstić information content (AvgIpc) is 2.92. The van der Waals surface area contributed by atoms with Crippen LogP contribution in [0.1, 0.15) is 33.6 Å². The number of hydrogen-bond acceptors (Lipinski definition) is 4. The van der Waals surface area contributed by atoms with E-state index in [1.165, 1.54) is 13.2 Å². The van der Waals surface area contributed by atoms with Crippen molar-refractivity contribution in [2.75, 3.05) is 25.5 Å². The van der Waals surface area contributed by atoms with Gasteiger partial charge < -0.3 is 19.7 Å². The van der Waals surface area contributed by atoms with E-state index < -0.39 is 11.4 Å². The minimum atomic E-state index is -0.503. The van der Waals surface area contributed by atoms with E-state index in [1.807, 2.05) is 20.8 Å². The van der Waals surface area contributed by atoms with Crippen molar-refractivity contribution in [3.63, 3.8) is 0 Å². The first-order valence-corrected chi connectivity index (χ1v) is 7.87. The molecule has 0 aliphatic carbocycles. The summed E-state index contributed by atoms with van der Waals surface area (Å²) in [5.74, 6) is -0.195. The number of hydrogen-bond donors (Lipinski definition) is 1. The fourth-order valence-corrected chi connectivity index (χ4v) is 2.62. The maximum atomic E-state index is 13.7. The van der Waals surface area contributed by atoms with Crippen LogP contribution in [-0.2, 0) is 4.74 Å². The Balaban J connectivity index is 1.94. The van der Waals surface area contributed by atoms with Crippen LogP contribution in [0.3, 0.4) is 0 Å². The minimum Gasteiger partial charge on any atom is -0.494 e. The van der Waals surface area contributed by atoms with Gasteiger partial charge in [0.25, 0.3) is 0 Å². The lowest BCUT2D eigenvalue weighted by Crippen LogP contribution is -2.42. The van der Waals surface area contributed by atoms with E-state index in [0.29, 0.717) is 18.8 Å². The number of rotatable bonds is 4. The van der Waals surface area contributed by atoms with Crippen LogP contribution in [0.25, 0.3) is 0 Å². The number of halogens is 1. The molecule has 0 spiro atoms. The summed E-state index contributed by atoms with van der Waals surface area (Å²) < 4.78 is 24.0. The first-order valence-electron chi connectivity index (χ1n) is 7.87. The molecule has 2 rings (SSSR count). The largest absolute Gasteiger partial charge is 0.494 e. The third kappa shape index (κ3) is 4.74. The number of benzene rings is 1. The molecule has 1 N–H and O–H groups in total. The van der Waals surface area contributed by atoms with Gasteiger partial charge in [0.1, 0.15) is 5.60 Å². The number of likely N-dealkylation sites (tertiary alicyclic amines) is 1. The Hall–Kier alpha value is -1.98. The molecule has 1 saturated heterocycles. The third-order valence-electron chi connectivity index (χ3n) is 3.70. The summed E-state index contributed by atoms with van der Waals surface area (Å²) >= 11 is 0. The Morgan fingerprint density at radius 3 is 2.78 bits per heavy atom. The molecule has 6 heteroatoms. The highest BCUT2D eigenvalue weighted by atomic mass is 19.1. The normalized spacial score (nSPS) is 18.0. The summed E-state index contributed by atoms with van der Waals surface area (Å²) in [7, 11) is 1.43. The summed E-state index contributed by atoms with van der Waals surface area (Å²) in [6, 6.07) is 4.79. The van der Waals surface area contributed by atoms with Crippen molar-refractivity contribution < 1.29 is 18.7 Å². The van der Waals surface area contributed by atoms with E-state index in [9.17, 15) is 9.18 Å². The number of carbonyl (C=O) groups is 1. The number of anilines is 1. The van der Waals surface area contributed by atoms with E-state index >= 15 is 0 Å². The van der Waals surface area contributed by atoms with Crippen LogP contribution >= 0.6 is 0 Å². The molecule has 0 bridgehead atoms. The molecule has 1 fully saturated rings. The van der Waals surface area contributed by atoms with E-state index in [0.717, 1.165) is 12.8 Å². The highest BCUT2D eigenvalue weighted by Crippen LogP contribution is 2.23. The maximum absolute atomic E-state index is 13.7. The molecule has 0 saturated carbocycles. The summed E-state index contributed by atoms with van der Waals surface area (Å²) in [6.45, 7) is 6.82. The molecule has 1 atom stereocenters. The van der Waals surface area contributed by atoms with Gasteiger partial charge in [-0.15, -0.1) is 0 Å². The lowest BCUT2D eigenvalue weighted by molar-refractivity contribution is 0.0235. The Bertz CT molecular complexity index is 557. The van der Waals surface area contributed by atoms with Crippen LogP contribution in [0.15, 0.2) is 18.2 Å². The van der Waals surface area contributed by atoms with E-state index in [1.54, 1.807) is 17.0 Å². The second-order valence-electron chi connectivity index (χ2n) is 6.70. The van der Waals surface area contributed by atoms with Crippen molar-refractivity contribution in [3.8, 4) is 5.75 Å².